The highest BCUT2D eigenvalue weighted by atomic mass is 32.1. The van der Waals surface area contributed by atoms with Crippen LogP contribution < -0.4 is 4.90 Å². The highest BCUT2D eigenvalue weighted by Crippen LogP contribution is 2.28. The minimum Gasteiger partial charge on any atom is -0.476 e. The summed E-state index contributed by atoms with van der Waals surface area (Å²) in [6.07, 6.45) is 3.29. The number of thiazole rings is 1. The van der Waals surface area contributed by atoms with Crippen molar-refractivity contribution in [3.63, 3.8) is 0 Å². The number of carboxylic acid groups (broad SMARTS) is 1. The second-order valence-electron chi connectivity index (χ2n) is 5.03. The fraction of sp³-hybridized carbons (Fsp3) is 0.643. The van der Waals surface area contributed by atoms with Crippen molar-refractivity contribution in [3.8, 4) is 0 Å². The molecule has 6 heteroatoms. The third-order valence-corrected chi connectivity index (χ3v) is 4.20. The van der Waals surface area contributed by atoms with Crippen LogP contribution in [-0.2, 0) is 0 Å². The van der Waals surface area contributed by atoms with Crippen molar-refractivity contribution < 1.29 is 14.7 Å². The molecule has 1 heterocycles. The van der Waals surface area contributed by atoms with Gasteiger partial charge in [-0.25, -0.2) is 9.78 Å². The van der Waals surface area contributed by atoms with Crippen LogP contribution in [0.15, 0.2) is 0 Å². The van der Waals surface area contributed by atoms with Gasteiger partial charge in [-0.1, -0.05) is 31.1 Å². The Morgan fingerprint density at radius 3 is 2.40 bits per heavy atom. The number of unbranched alkanes of at least 4 members (excludes halogenated alkanes) is 2. The molecule has 0 aliphatic carbocycles. The number of carboxylic acids is 1. The van der Waals surface area contributed by atoms with Crippen LogP contribution >= 0.6 is 11.3 Å². The first-order valence-electron chi connectivity index (χ1n) is 6.90. The Hall–Kier alpha value is -1.43. The van der Waals surface area contributed by atoms with E-state index in [0.717, 1.165) is 25.8 Å². The van der Waals surface area contributed by atoms with E-state index < -0.39 is 5.97 Å². The summed E-state index contributed by atoms with van der Waals surface area (Å²) in [7, 11) is 0. The maximum Gasteiger partial charge on any atom is 0.356 e. The largest absolute Gasteiger partial charge is 0.476 e. The molecular weight excluding hydrogens is 276 g/mol. The Balaban J connectivity index is 3.05. The minimum atomic E-state index is -1.14. The molecule has 1 N–H and O–H groups in total. The van der Waals surface area contributed by atoms with Gasteiger partial charge < -0.3 is 10.0 Å². The number of nitrogens with zero attached hydrogens (tertiary/aromatic N) is 2. The summed E-state index contributed by atoms with van der Waals surface area (Å²) in [6.45, 7) is 8.43. The zero-order valence-electron chi connectivity index (χ0n) is 12.5. The summed E-state index contributed by atoms with van der Waals surface area (Å²) in [4.78, 5) is 29.1. The van der Waals surface area contributed by atoms with Gasteiger partial charge in [0, 0.05) is 19.5 Å². The lowest BCUT2D eigenvalue weighted by Crippen LogP contribution is -2.31. The van der Waals surface area contributed by atoms with Crippen LogP contribution in [0.3, 0.4) is 0 Å². The molecular formula is C14H22N2O3S. The number of ketones is 1. The van der Waals surface area contributed by atoms with E-state index in [1.807, 2.05) is 13.8 Å². The fourth-order valence-electron chi connectivity index (χ4n) is 1.92. The number of Topliss-reactive ketones (excluding diaryl/α,β-unsaturated/α-hetero) is 1. The minimum absolute atomic E-state index is 0.126. The molecule has 0 saturated heterocycles. The lowest BCUT2D eigenvalue weighted by Gasteiger charge is -2.26. The third kappa shape index (κ3) is 4.03. The number of carbonyl (C=O) groups excluding carboxylic acids is 1. The first-order valence-corrected chi connectivity index (χ1v) is 7.71. The number of aromatic carboxylic acids is 1. The highest BCUT2D eigenvalue weighted by Gasteiger charge is 2.24. The van der Waals surface area contributed by atoms with Crippen molar-refractivity contribution in [3.05, 3.63) is 10.6 Å². The van der Waals surface area contributed by atoms with Gasteiger partial charge in [-0.3, -0.25) is 4.79 Å². The Morgan fingerprint density at radius 2 is 2.00 bits per heavy atom. The topological polar surface area (TPSA) is 70.5 Å². The van der Waals surface area contributed by atoms with Gasteiger partial charge in [0.05, 0.1) is 0 Å². The molecule has 0 aromatic carbocycles. The molecule has 0 aliphatic heterocycles. The zero-order valence-corrected chi connectivity index (χ0v) is 13.3. The molecule has 0 amide bonds. The molecule has 0 bridgehead atoms. The molecule has 0 saturated carbocycles. The first-order chi connectivity index (χ1) is 9.38. The summed E-state index contributed by atoms with van der Waals surface area (Å²) in [6, 6.07) is 0.222. The van der Waals surface area contributed by atoms with Crippen LogP contribution in [0.5, 0.6) is 0 Å². The van der Waals surface area contributed by atoms with Gasteiger partial charge in [0.25, 0.3) is 0 Å². The van der Waals surface area contributed by atoms with Crippen LogP contribution in [0.25, 0.3) is 0 Å². The number of rotatable bonds is 8. The Labute approximate surface area is 123 Å². The van der Waals surface area contributed by atoms with Crippen molar-refractivity contribution in [2.24, 2.45) is 0 Å². The van der Waals surface area contributed by atoms with Gasteiger partial charge in [0.2, 0.25) is 0 Å². The Kier molecular flexibility index (Phi) is 6.13. The van der Waals surface area contributed by atoms with E-state index in [9.17, 15) is 9.59 Å². The van der Waals surface area contributed by atoms with Crippen LogP contribution in [0.1, 0.15) is 67.1 Å². The molecule has 0 unspecified atom stereocenters. The van der Waals surface area contributed by atoms with E-state index in [2.05, 4.69) is 16.8 Å². The number of anilines is 1. The maximum absolute atomic E-state index is 11.5. The molecule has 112 valence electrons. The fourth-order valence-corrected chi connectivity index (χ4v) is 3.03. The van der Waals surface area contributed by atoms with Crippen LogP contribution in [0, 0.1) is 0 Å². The predicted octanol–water partition coefficient (Wildman–Crippen LogP) is 3.45. The first kappa shape index (κ1) is 16.6. The predicted molar refractivity (Wildman–Crippen MR) is 81.1 cm³/mol. The molecule has 0 radical (unpaired) electrons. The summed E-state index contributed by atoms with van der Waals surface area (Å²) in [5.74, 6) is -1.39. The van der Waals surface area contributed by atoms with Crippen LogP contribution in [0.4, 0.5) is 5.13 Å². The zero-order chi connectivity index (χ0) is 15.3. The lowest BCUT2D eigenvalue weighted by molar-refractivity contribution is 0.0687. The van der Waals surface area contributed by atoms with Crippen molar-refractivity contribution in [2.45, 2.75) is 53.0 Å². The van der Waals surface area contributed by atoms with Gasteiger partial charge >= 0.3 is 5.97 Å². The second-order valence-corrected chi connectivity index (χ2v) is 6.01. The number of aromatic nitrogens is 1. The lowest BCUT2D eigenvalue weighted by atomic mass is 10.2. The molecule has 1 rings (SSSR count). The van der Waals surface area contributed by atoms with Crippen LogP contribution in [0.2, 0.25) is 0 Å². The van der Waals surface area contributed by atoms with Gasteiger partial charge in [-0.2, -0.15) is 0 Å². The van der Waals surface area contributed by atoms with Crippen molar-refractivity contribution in [2.75, 3.05) is 11.4 Å². The quantitative estimate of drug-likeness (QED) is 0.588. The molecule has 0 fully saturated rings. The van der Waals surface area contributed by atoms with Gasteiger partial charge in [-0.05, 0) is 20.3 Å². The van der Waals surface area contributed by atoms with Crippen molar-refractivity contribution in [1.29, 1.82) is 0 Å². The summed E-state index contributed by atoms with van der Waals surface area (Å²) in [5, 5.41) is 9.76. The summed E-state index contributed by atoms with van der Waals surface area (Å²) >= 11 is 1.17. The van der Waals surface area contributed by atoms with E-state index in [1.165, 1.54) is 18.3 Å². The monoisotopic (exact) mass is 298 g/mol. The second kappa shape index (κ2) is 7.38. The van der Waals surface area contributed by atoms with Crippen molar-refractivity contribution >= 4 is 28.2 Å². The smallest absolute Gasteiger partial charge is 0.356 e. The number of hydrogen-bond donors (Lipinski definition) is 1. The summed E-state index contributed by atoms with van der Waals surface area (Å²) in [5.41, 5.74) is -0.126. The number of carbonyl (C=O) groups is 2. The van der Waals surface area contributed by atoms with E-state index in [0.29, 0.717) is 5.13 Å². The molecule has 5 nitrogen and oxygen atoms in total. The van der Waals surface area contributed by atoms with E-state index in [1.54, 1.807) is 0 Å². The van der Waals surface area contributed by atoms with Crippen molar-refractivity contribution in [1.82, 2.24) is 4.98 Å². The number of hydrogen-bond acceptors (Lipinski definition) is 5. The van der Waals surface area contributed by atoms with Gasteiger partial charge in [-0.15, -0.1) is 0 Å². The molecule has 0 spiro atoms. The normalized spacial score (nSPS) is 10.8. The van der Waals surface area contributed by atoms with Gasteiger partial charge in [0.1, 0.15) is 4.88 Å². The molecule has 20 heavy (non-hydrogen) atoms. The Morgan fingerprint density at radius 1 is 1.35 bits per heavy atom. The summed E-state index contributed by atoms with van der Waals surface area (Å²) < 4.78 is 0. The maximum atomic E-state index is 11.5. The molecule has 0 atom stereocenters. The van der Waals surface area contributed by atoms with E-state index in [-0.39, 0.29) is 22.4 Å². The average Bonchev–Trinajstić information content (AvgIpc) is 2.79. The highest BCUT2D eigenvalue weighted by molar-refractivity contribution is 7.17. The molecule has 1 aromatic rings. The average molecular weight is 298 g/mol. The van der Waals surface area contributed by atoms with E-state index >= 15 is 0 Å². The third-order valence-electron chi connectivity index (χ3n) is 3.01. The van der Waals surface area contributed by atoms with Gasteiger partial charge in [0.15, 0.2) is 16.6 Å². The molecule has 0 aliphatic rings. The standard InChI is InChI=1S/C14H22N2O3S/c1-5-6-7-8-16(9(2)3)14-15-11(13(18)19)12(20-14)10(4)17/h9H,5-8H2,1-4H3,(H,18,19). The Bertz CT molecular complexity index is 451. The van der Waals surface area contributed by atoms with Crippen LogP contribution in [-0.4, -0.2) is 34.4 Å². The van der Waals surface area contributed by atoms with E-state index in [4.69, 9.17) is 5.11 Å². The SMILES string of the molecule is CCCCCN(c1nc(C(=O)O)c(C(C)=O)s1)C(C)C. The molecule has 1 aromatic heterocycles.